The summed E-state index contributed by atoms with van der Waals surface area (Å²) in [5, 5.41) is 3.12. The molecular weight excluding hydrogens is 174 g/mol. The van der Waals surface area contributed by atoms with Gasteiger partial charge in [-0.2, -0.15) is 0 Å². The third-order valence-corrected chi connectivity index (χ3v) is 2.43. The van der Waals surface area contributed by atoms with Crippen molar-refractivity contribution >= 4 is 0 Å². The van der Waals surface area contributed by atoms with E-state index in [0.29, 0.717) is 0 Å². The Morgan fingerprint density at radius 3 is 2.36 bits per heavy atom. The Balaban J connectivity index is 2.73. The van der Waals surface area contributed by atoms with Gasteiger partial charge in [-0.25, -0.2) is 0 Å². The van der Waals surface area contributed by atoms with Crippen LogP contribution in [0.1, 0.15) is 24.2 Å². The smallest absolute Gasteiger partial charge is 0.0945 e. The molecule has 0 radical (unpaired) electrons. The minimum atomic E-state index is 0.158. The van der Waals surface area contributed by atoms with Crippen molar-refractivity contribution in [2.75, 3.05) is 20.7 Å². The Hall–Kier alpha value is -0.860. The van der Waals surface area contributed by atoms with E-state index in [1.165, 1.54) is 11.1 Å². The zero-order chi connectivity index (χ0) is 10.4. The largest absolute Gasteiger partial charge is 0.375 e. The molecule has 0 aliphatic rings. The maximum atomic E-state index is 5.39. The minimum absolute atomic E-state index is 0.158. The van der Waals surface area contributed by atoms with Gasteiger partial charge in [0.1, 0.15) is 0 Å². The summed E-state index contributed by atoms with van der Waals surface area (Å²) in [6.45, 7) is 3.01. The third kappa shape index (κ3) is 2.82. The summed E-state index contributed by atoms with van der Waals surface area (Å²) in [6.07, 6.45) is 1.25. The highest BCUT2D eigenvalue weighted by atomic mass is 16.5. The average molecular weight is 193 g/mol. The second-order valence-corrected chi connectivity index (χ2v) is 3.38. The predicted molar refractivity (Wildman–Crippen MR) is 59.5 cm³/mol. The van der Waals surface area contributed by atoms with Gasteiger partial charge in [0, 0.05) is 13.7 Å². The predicted octanol–water partition coefficient (Wildman–Crippen LogP) is 2.16. The summed E-state index contributed by atoms with van der Waals surface area (Å²) in [7, 11) is 3.68. The van der Waals surface area contributed by atoms with E-state index >= 15 is 0 Å². The number of hydrogen-bond donors (Lipinski definition) is 1. The van der Waals surface area contributed by atoms with Crippen LogP contribution in [0.4, 0.5) is 0 Å². The van der Waals surface area contributed by atoms with Crippen LogP contribution in [-0.4, -0.2) is 20.7 Å². The maximum absolute atomic E-state index is 5.39. The Morgan fingerprint density at radius 1 is 1.29 bits per heavy atom. The summed E-state index contributed by atoms with van der Waals surface area (Å²) < 4.78 is 5.39. The van der Waals surface area contributed by atoms with Crippen molar-refractivity contribution < 1.29 is 4.74 Å². The second kappa shape index (κ2) is 5.78. The maximum Gasteiger partial charge on any atom is 0.0945 e. The molecule has 0 aliphatic carbocycles. The highest BCUT2D eigenvalue weighted by Gasteiger charge is 2.08. The van der Waals surface area contributed by atoms with Crippen molar-refractivity contribution in [2.45, 2.75) is 19.4 Å². The molecule has 0 heterocycles. The average Bonchev–Trinajstić information content (AvgIpc) is 2.26. The first kappa shape index (κ1) is 11.2. The van der Waals surface area contributed by atoms with E-state index in [1.807, 2.05) is 7.05 Å². The van der Waals surface area contributed by atoms with E-state index in [0.717, 1.165) is 13.0 Å². The van der Waals surface area contributed by atoms with Crippen molar-refractivity contribution in [1.29, 1.82) is 0 Å². The summed E-state index contributed by atoms with van der Waals surface area (Å²) in [4.78, 5) is 0. The molecule has 0 aliphatic heterocycles. The lowest BCUT2D eigenvalue weighted by Gasteiger charge is -2.15. The van der Waals surface area contributed by atoms with Crippen LogP contribution in [-0.2, 0) is 11.2 Å². The van der Waals surface area contributed by atoms with Crippen LogP contribution in [0.25, 0.3) is 0 Å². The van der Waals surface area contributed by atoms with Crippen molar-refractivity contribution in [3.8, 4) is 0 Å². The zero-order valence-corrected chi connectivity index (χ0v) is 9.21. The van der Waals surface area contributed by atoms with Crippen LogP contribution in [0.2, 0.25) is 0 Å². The van der Waals surface area contributed by atoms with Gasteiger partial charge in [0.15, 0.2) is 0 Å². The number of nitrogens with one attached hydrogen (secondary N) is 1. The Bertz CT molecular complexity index is 256. The number of aryl methyl sites for hydroxylation is 1. The number of ether oxygens (including phenoxy) is 1. The van der Waals surface area contributed by atoms with Crippen molar-refractivity contribution in [1.82, 2.24) is 5.32 Å². The number of likely N-dealkylation sites (N-methyl/N-ethyl adjacent to an activating group) is 1. The molecule has 14 heavy (non-hydrogen) atoms. The Kier molecular flexibility index (Phi) is 4.63. The van der Waals surface area contributed by atoms with Gasteiger partial charge in [0.2, 0.25) is 0 Å². The van der Waals surface area contributed by atoms with Gasteiger partial charge in [-0.05, 0) is 24.6 Å². The van der Waals surface area contributed by atoms with E-state index in [9.17, 15) is 0 Å². The van der Waals surface area contributed by atoms with E-state index in [1.54, 1.807) is 7.11 Å². The minimum Gasteiger partial charge on any atom is -0.375 e. The van der Waals surface area contributed by atoms with E-state index in [4.69, 9.17) is 4.74 Å². The van der Waals surface area contributed by atoms with Crippen LogP contribution < -0.4 is 5.32 Å². The van der Waals surface area contributed by atoms with Gasteiger partial charge in [0.05, 0.1) is 6.10 Å². The van der Waals surface area contributed by atoms with Crippen molar-refractivity contribution in [2.24, 2.45) is 0 Å². The van der Waals surface area contributed by atoms with Gasteiger partial charge in [-0.3, -0.25) is 0 Å². The second-order valence-electron chi connectivity index (χ2n) is 3.38. The van der Waals surface area contributed by atoms with Crippen LogP contribution in [0, 0.1) is 0 Å². The molecule has 1 N–H and O–H groups in total. The molecule has 2 heteroatoms. The van der Waals surface area contributed by atoms with Gasteiger partial charge in [0.25, 0.3) is 0 Å². The molecule has 0 spiro atoms. The lowest BCUT2D eigenvalue weighted by molar-refractivity contribution is 0.104. The quantitative estimate of drug-likeness (QED) is 0.773. The molecule has 0 aromatic heterocycles. The lowest BCUT2D eigenvalue weighted by Crippen LogP contribution is -2.18. The molecule has 1 aromatic carbocycles. The molecule has 78 valence electrons. The van der Waals surface area contributed by atoms with Crippen LogP contribution >= 0.6 is 0 Å². The first-order valence-electron chi connectivity index (χ1n) is 5.08. The van der Waals surface area contributed by atoms with E-state index in [2.05, 4.69) is 36.5 Å². The fourth-order valence-electron chi connectivity index (χ4n) is 1.49. The first-order chi connectivity index (χ1) is 6.81. The Morgan fingerprint density at radius 2 is 1.93 bits per heavy atom. The molecule has 0 bridgehead atoms. The summed E-state index contributed by atoms with van der Waals surface area (Å²) in [5.41, 5.74) is 2.60. The summed E-state index contributed by atoms with van der Waals surface area (Å²) >= 11 is 0. The lowest BCUT2D eigenvalue weighted by atomic mass is 10.1. The van der Waals surface area contributed by atoms with Gasteiger partial charge >= 0.3 is 0 Å². The topological polar surface area (TPSA) is 21.3 Å². The number of methoxy groups -OCH3 is 1. The summed E-state index contributed by atoms with van der Waals surface area (Å²) in [5.74, 6) is 0. The summed E-state index contributed by atoms with van der Waals surface area (Å²) in [6, 6.07) is 8.61. The highest BCUT2D eigenvalue weighted by molar-refractivity contribution is 5.24. The van der Waals surface area contributed by atoms with E-state index < -0.39 is 0 Å². The number of rotatable bonds is 5. The van der Waals surface area contributed by atoms with Crippen LogP contribution in [0.3, 0.4) is 0 Å². The zero-order valence-electron chi connectivity index (χ0n) is 9.21. The normalized spacial score (nSPS) is 12.8. The fourth-order valence-corrected chi connectivity index (χ4v) is 1.49. The third-order valence-electron chi connectivity index (χ3n) is 2.43. The van der Waals surface area contributed by atoms with Crippen LogP contribution in [0.15, 0.2) is 24.3 Å². The van der Waals surface area contributed by atoms with Gasteiger partial charge in [-0.1, -0.05) is 31.2 Å². The molecule has 2 nitrogen and oxygen atoms in total. The molecule has 0 saturated carbocycles. The molecule has 1 rings (SSSR count). The van der Waals surface area contributed by atoms with Gasteiger partial charge < -0.3 is 10.1 Å². The van der Waals surface area contributed by atoms with Crippen molar-refractivity contribution in [3.05, 3.63) is 35.4 Å². The molecule has 0 fully saturated rings. The molecule has 0 amide bonds. The van der Waals surface area contributed by atoms with Crippen molar-refractivity contribution in [3.63, 3.8) is 0 Å². The standard InChI is InChI=1S/C12H19NO/c1-4-10-5-7-11(8-6-10)12(14-3)9-13-2/h5-8,12-13H,4,9H2,1-3H3/t12-/m1/s1. The van der Waals surface area contributed by atoms with E-state index in [-0.39, 0.29) is 6.10 Å². The Labute approximate surface area is 86.3 Å². The molecule has 1 atom stereocenters. The monoisotopic (exact) mass is 193 g/mol. The van der Waals surface area contributed by atoms with Gasteiger partial charge in [-0.15, -0.1) is 0 Å². The first-order valence-corrected chi connectivity index (χ1v) is 5.08. The molecular formula is C12H19NO. The van der Waals surface area contributed by atoms with Crippen LogP contribution in [0.5, 0.6) is 0 Å². The number of benzene rings is 1. The fraction of sp³-hybridized carbons (Fsp3) is 0.500. The highest BCUT2D eigenvalue weighted by Crippen LogP contribution is 2.16. The molecule has 0 saturated heterocycles. The molecule has 1 aromatic rings. The number of hydrogen-bond acceptors (Lipinski definition) is 2. The SMILES string of the molecule is CCc1ccc([C@@H](CNC)OC)cc1. The molecule has 0 unspecified atom stereocenters.